The van der Waals surface area contributed by atoms with Crippen LogP contribution in [-0.2, 0) is 4.79 Å². The molecular weight excluding hydrogens is 332 g/mol. The minimum Gasteiger partial charge on any atom is -0.492 e. The molecule has 1 atom stereocenters. The Hall–Kier alpha value is -1.56. The summed E-state index contributed by atoms with van der Waals surface area (Å²) in [6.45, 7) is 3.53. The van der Waals surface area contributed by atoms with Gasteiger partial charge in [0.15, 0.2) is 0 Å². The van der Waals surface area contributed by atoms with E-state index in [0.29, 0.717) is 24.7 Å². The Morgan fingerprint density at radius 2 is 2.09 bits per heavy atom. The summed E-state index contributed by atoms with van der Waals surface area (Å²) in [6.07, 6.45) is 0. The van der Waals surface area contributed by atoms with Crippen LogP contribution < -0.4 is 10.1 Å². The predicted molar refractivity (Wildman–Crippen MR) is 95.3 cm³/mol. The molecule has 2 aromatic rings. The van der Waals surface area contributed by atoms with Crippen LogP contribution in [-0.4, -0.2) is 37.6 Å². The smallest absolute Gasteiger partial charge is 0.234 e. The van der Waals surface area contributed by atoms with E-state index in [1.807, 2.05) is 48.5 Å². The first-order chi connectivity index (χ1) is 11.0. The summed E-state index contributed by atoms with van der Waals surface area (Å²) in [5, 5.41) is 5.70. The number of carbonyl (C=O) groups excluding carboxylic acids is 1. The van der Waals surface area contributed by atoms with E-state index in [9.17, 15) is 4.79 Å². The van der Waals surface area contributed by atoms with Crippen molar-refractivity contribution in [3.63, 3.8) is 0 Å². The number of nitrogens with one attached hydrogen (secondary N) is 1. The highest BCUT2D eigenvalue weighted by Gasteiger charge is 2.12. The zero-order valence-corrected chi connectivity index (χ0v) is 14.9. The average Bonchev–Trinajstić information content (AvgIpc) is 3.03. The Kier molecular flexibility index (Phi) is 6.89. The lowest BCUT2D eigenvalue weighted by molar-refractivity contribution is -0.122. The molecule has 0 fully saturated rings. The first kappa shape index (κ1) is 17.8. The summed E-state index contributed by atoms with van der Waals surface area (Å²) in [6, 6.07) is 11.3. The standard InChI is InChI=1S/C17H21ClN2O2S/c1-13(16-4-3-11-23-16)19-17(21)12-20(2)9-10-22-15-7-5-14(18)6-8-15/h3-8,11,13H,9-10,12H2,1-2H3,(H,19,21). The first-order valence-corrected chi connectivity index (χ1v) is 8.70. The van der Waals surface area contributed by atoms with E-state index in [0.717, 1.165) is 10.6 Å². The predicted octanol–water partition coefficient (Wildman–Crippen LogP) is 3.59. The van der Waals surface area contributed by atoms with E-state index in [-0.39, 0.29) is 11.9 Å². The summed E-state index contributed by atoms with van der Waals surface area (Å²) in [7, 11) is 1.90. The van der Waals surface area contributed by atoms with Crippen molar-refractivity contribution in [1.82, 2.24) is 10.2 Å². The van der Waals surface area contributed by atoms with Gasteiger partial charge in [-0.1, -0.05) is 17.7 Å². The molecule has 6 heteroatoms. The van der Waals surface area contributed by atoms with Gasteiger partial charge in [0.1, 0.15) is 12.4 Å². The van der Waals surface area contributed by atoms with Crippen molar-refractivity contribution < 1.29 is 9.53 Å². The van der Waals surface area contributed by atoms with Crippen molar-refractivity contribution in [3.05, 3.63) is 51.7 Å². The summed E-state index contributed by atoms with van der Waals surface area (Å²) < 4.78 is 5.62. The van der Waals surface area contributed by atoms with Gasteiger partial charge in [0.25, 0.3) is 0 Å². The van der Waals surface area contributed by atoms with Crippen molar-refractivity contribution in [2.45, 2.75) is 13.0 Å². The zero-order valence-electron chi connectivity index (χ0n) is 13.3. The van der Waals surface area contributed by atoms with Gasteiger partial charge in [0, 0.05) is 16.4 Å². The Morgan fingerprint density at radius 3 is 2.74 bits per heavy atom. The third-order valence-electron chi connectivity index (χ3n) is 3.32. The molecule has 0 saturated carbocycles. The maximum absolute atomic E-state index is 12.0. The molecule has 124 valence electrons. The van der Waals surface area contributed by atoms with Gasteiger partial charge in [0.05, 0.1) is 12.6 Å². The first-order valence-electron chi connectivity index (χ1n) is 7.44. The molecule has 0 radical (unpaired) electrons. The second-order valence-corrected chi connectivity index (χ2v) is 6.76. The number of likely N-dealkylation sites (N-methyl/N-ethyl adjacent to an activating group) is 1. The Labute approximate surface area is 146 Å². The van der Waals surface area contributed by atoms with Crippen LogP contribution in [0, 0.1) is 0 Å². The Morgan fingerprint density at radius 1 is 1.35 bits per heavy atom. The topological polar surface area (TPSA) is 41.6 Å². The van der Waals surface area contributed by atoms with Crippen LogP contribution in [0.5, 0.6) is 5.75 Å². The summed E-state index contributed by atoms with van der Waals surface area (Å²) in [5.41, 5.74) is 0. The quantitative estimate of drug-likeness (QED) is 0.789. The maximum Gasteiger partial charge on any atom is 0.234 e. The van der Waals surface area contributed by atoms with Crippen molar-refractivity contribution in [3.8, 4) is 5.75 Å². The van der Waals surface area contributed by atoms with E-state index >= 15 is 0 Å². The molecule has 0 aliphatic rings. The number of halogens is 1. The normalized spacial score (nSPS) is 12.2. The van der Waals surface area contributed by atoms with Crippen LogP contribution in [0.4, 0.5) is 0 Å². The van der Waals surface area contributed by atoms with Crippen molar-refractivity contribution in [2.24, 2.45) is 0 Å². The van der Waals surface area contributed by atoms with E-state index in [1.54, 1.807) is 23.5 Å². The lowest BCUT2D eigenvalue weighted by Crippen LogP contribution is -2.37. The van der Waals surface area contributed by atoms with Gasteiger partial charge in [-0.25, -0.2) is 0 Å². The van der Waals surface area contributed by atoms with Crippen LogP contribution in [0.2, 0.25) is 5.02 Å². The molecule has 0 saturated heterocycles. The van der Waals surface area contributed by atoms with E-state index in [4.69, 9.17) is 16.3 Å². The Balaban J connectivity index is 1.66. The fraction of sp³-hybridized carbons (Fsp3) is 0.353. The fourth-order valence-corrected chi connectivity index (χ4v) is 2.93. The van der Waals surface area contributed by atoms with Gasteiger partial charge in [-0.3, -0.25) is 9.69 Å². The third kappa shape index (κ3) is 6.22. The van der Waals surface area contributed by atoms with Crippen molar-refractivity contribution in [2.75, 3.05) is 26.7 Å². The number of nitrogens with zero attached hydrogens (tertiary/aromatic N) is 1. The van der Waals surface area contributed by atoms with Gasteiger partial charge >= 0.3 is 0 Å². The number of hydrogen-bond donors (Lipinski definition) is 1. The molecule has 1 amide bonds. The summed E-state index contributed by atoms with van der Waals surface area (Å²) in [5.74, 6) is 0.790. The number of carbonyl (C=O) groups is 1. The van der Waals surface area contributed by atoms with E-state index in [1.165, 1.54) is 0 Å². The van der Waals surface area contributed by atoms with E-state index < -0.39 is 0 Å². The van der Waals surface area contributed by atoms with E-state index in [2.05, 4.69) is 5.32 Å². The molecule has 1 unspecified atom stereocenters. The highest BCUT2D eigenvalue weighted by Crippen LogP contribution is 2.18. The number of hydrogen-bond acceptors (Lipinski definition) is 4. The second-order valence-electron chi connectivity index (χ2n) is 5.34. The van der Waals surface area contributed by atoms with Crippen LogP contribution in [0.25, 0.3) is 0 Å². The minimum absolute atomic E-state index is 0.0138. The van der Waals surface area contributed by atoms with Crippen LogP contribution in [0.3, 0.4) is 0 Å². The fourth-order valence-electron chi connectivity index (χ4n) is 2.07. The van der Waals surface area contributed by atoms with Crippen molar-refractivity contribution >= 4 is 28.8 Å². The van der Waals surface area contributed by atoms with Gasteiger partial charge in [-0.15, -0.1) is 11.3 Å². The van der Waals surface area contributed by atoms with Crippen LogP contribution in [0.1, 0.15) is 17.8 Å². The molecule has 0 spiro atoms. The number of amides is 1. The summed E-state index contributed by atoms with van der Waals surface area (Å²) in [4.78, 5) is 15.1. The van der Waals surface area contributed by atoms with Crippen LogP contribution in [0.15, 0.2) is 41.8 Å². The molecule has 4 nitrogen and oxygen atoms in total. The zero-order chi connectivity index (χ0) is 16.7. The largest absolute Gasteiger partial charge is 0.492 e. The number of ether oxygens (including phenoxy) is 1. The Bertz CT molecular complexity index is 602. The number of benzene rings is 1. The van der Waals surface area contributed by atoms with Gasteiger partial charge in [0.2, 0.25) is 5.91 Å². The molecule has 2 rings (SSSR count). The van der Waals surface area contributed by atoms with Gasteiger partial charge < -0.3 is 10.1 Å². The van der Waals surface area contributed by atoms with Gasteiger partial charge in [-0.2, -0.15) is 0 Å². The second kappa shape index (κ2) is 8.91. The summed E-state index contributed by atoms with van der Waals surface area (Å²) >= 11 is 7.47. The molecular formula is C17H21ClN2O2S. The van der Waals surface area contributed by atoms with Gasteiger partial charge in [-0.05, 0) is 49.7 Å². The molecule has 0 aliphatic heterocycles. The van der Waals surface area contributed by atoms with Crippen LogP contribution >= 0.6 is 22.9 Å². The molecule has 1 aromatic heterocycles. The molecule has 0 bridgehead atoms. The molecule has 1 N–H and O–H groups in total. The monoisotopic (exact) mass is 352 g/mol. The average molecular weight is 353 g/mol. The molecule has 1 heterocycles. The maximum atomic E-state index is 12.0. The third-order valence-corrected chi connectivity index (χ3v) is 4.62. The lowest BCUT2D eigenvalue weighted by Gasteiger charge is -2.18. The SMILES string of the molecule is CC(NC(=O)CN(C)CCOc1ccc(Cl)cc1)c1cccs1. The number of thiophene rings is 1. The molecule has 23 heavy (non-hydrogen) atoms. The van der Waals surface area contributed by atoms with Crippen molar-refractivity contribution in [1.29, 1.82) is 0 Å². The highest BCUT2D eigenvalue weighted by molar-refractivity contribution is 7.10. The highest BCUT2D eigenvalue weighted by atomic mass is 35.5. The lowest BCUT2D eigenvalue weighted by atomic mass is 10.3. The molecule has 1 aromatic carbocycles. The minimum atomic E-state index is 0.0138. The number of rotatable bonds is 8. The molecule has 0 aliphatic carbocycles.